The molecule has 1 atom stereocenters. The average Bonchev–Trinajstić information content (AvgIpc) is 2.92. The van der Waals surface area contributed by atoms with Crippen molar-refractivity contribution in [2.45, 2.75) is 31.3 Å². The molecule has 3 rings (SSSR count). The molecule has 0 spiro atoms. The second-order valence-corrected chi connectivity index (χ2v) is 11.1. The highest BCUT2D eigenvalue weighted by atomic mass is 35.5. The fourth-order valence-electron chi connectivity index (χ4n) is 3.78. The maximum absolute atomic E-state index is 13.8. The molecule has 0 saturated heterocycles. The summed E-state index contributed by atoms with van der Waals surface area (Å²) < 4.78 is 33.7. The van der Waals surface area contributed by atoms with E-state index >= 15 is 0 Å². The van der Waals surface area contributed by atoms with Crippen molar-refractivity contribution >= 4 is 50.7 Å². The Bertz CT molecular complexity index is 1390. The number of sulfonamides is 1. The van der Waals surface area contributed by atoms with Crippen molar-refractivity contribution in [3.63, 3.8) is 0 Å². The minimum absolute atomic E-state index is 0.0278. The van der Waals surface area contributed by atoms with E-state index in [1.807, 2.05) is 0 Å². The molecule has 38 heavy (non-hydrogen) atoms. The summed E-state index contributed by atoms with van der Waals surface area (Å²) in [6, 6.07) is 18.2. The Morgan fingerprint density at radius 1 is 1.00 bits per heavy atom. The van der Waals surface area contributed by atoms with Crippen LogP contribution >= 0.6 is 23.2 Å². The van der Waals surface area contributed by atoms with Crippen LogP contribution in [-0.2, 0) is 26.2 Å². The van der Waals surface area contributed by atoms with E-state index in [9.17, 15) is 18.0 Å². The number of carbonyl (C=O) groups excluding carboxylic acids is 2. The molecule has 0 fully saturated rings. The van der Waals surface area contributed by atoms with E-state index in [0.29, 0.717) is 17.9 Å². The first-order valence-corrected chi connectivity index (χ1v) is 14.0. The van der Waals surface area contributed by atoms with Crippen LogP contribution in [0.5, 0.6) is 5.75 Å². The van der Waals surface area contributed by atoms with Gasteiger partial charge in [0.15, 0.2) is 0 Å². The van der Waals surface area contributed by atoms with Gasteiger partial charge in [0.2, 0.25) is 11.8 Å². The first kappa shape index (κ1) is 29.3. The Kier molecular flexibility index (Phi) is 10.0. The van der Waals surface area contributed by atoms with Crippen LogP contribution in [0.3, 0.4) is 0 Å². The summed E-state index contributed by atoms with van der Waals surface area (Å²) in [6.07, 6.45) is 0. The maximum atomic E-state index is 13.8. The zero-order chi connectivity index (χ0) is 27.9. The van der Waals surface area contributed by atoms with Gasteiger partial charge in [-0.1, -0.05) is 53.5 Å². The Hall–Kier alpha value is -3.27. The van der Waals surface area contributed by atoms with E-state index in [-0.39, 0.29) is 33.1 Å². The number of anilines is 1. The third-order valence-electron chi connectivity index (χ3n) is 5.79. The lowest BCUT2D eigenvalue weighted by Crippen LogP contribution is -2.51. The van der Waals surface area contributed by atoms with Gasteiger partial charge < -0.3 is 15.0 Å². The number of ether oxygens (including phenoxy) is 1. The van der Waals surface area contributed by atoms with Gasteiger partial charge in [-0.3, -0.25) is 13.9 Å². The Balaban J connectivity index is 2.06. The Morgan fingerprint density at radius 2 is 1.71 bits per heavy atom. The van der Waals surface area contributed by atoms with Crippen molar-refractivity contribution < 1.29 is 22.7 Å². The number of nitrogens with zero attached hydrogens (tertiary/aromatic N) is 2. The van der Waals surface area contributed by atoms with E-state index in [1.165, 1.54) is 42.3 Å². The molecule has 11 heteroatoms. The lowest BCUT2D eigenvalue weighted by atomic mass is 10.1. The molecule has 0 heterocycles. The fourth-order valence-corrected chi connectivity index (χ4v) is 5.66. The topological polar surface area (TPSA) is 96.0 Å². The van der Waals surface area contributed by atoms with E-state index in [2.05, 4.69) is 5.32 Å². The molecular weight excluding hydrogens is 549 g/mol. The predicted molar refractivity (Wildman–Crippen MR) is 149 cm³/mol. The number of amides is 2. The normalized spacial score (nSPS) is 11.9. The maximum Gasteiger partial charge on any atom is 0.264 e. The van der Waals surface area contributed by atoms with Gasteiger partial charge in [-0.2, -0.15) is 0 Å². The fraction of sp³-hybridized carbons (Fsp3) is 0.259. The third-order valence-corrected chi connectivity index (χ3v) is 8.12. The van der Waals surface area contributed by atoms with Crippen molar-refractivity contribution in [1.82, 2.24) is 10.2 Å². The number of halogens is 2. The molecule has 0 bridgehead atoms. The van der Waals surface area contributed by atoms with Crippen LogP contribution in [0.15, 0.2) is 77.7 Å². The van der Waals surface area contributed by atoms with E-state index in [0.717, 1.165) is 4.31 Å². The van der Waals surface area contributed by atoms with Crippen molar-refractivity contribution in [1.29, 1.82) is 0 Å². The summed E-state index contributed by atoms with van der Waals surface area (Å²) in [7, 11) is -2.71. The quantitative estimate of drug-likeness (QED) is 0.354. The van der Waals surface area contributed by atoms with E-state index in [1.54, 1.807) is 56.3 Å². The van der Waals surface area contributed by atoms with Gasteiger partial charge in [-0.05, 0) is 61.9 Å². The molecule has 0 aliphatic heterocycles. The summed E-state index contributed by atoms with van der Waals surface area (Å²) in [5, 5.41) is 3.06. The van der Waals surface area contributed by atoms with Crippen LogP contribution in [0.1, 0.15) is 19.4 Å². The molecule has 0 radical (unpaired) electrons. The van der Waals surface area contributed by atoms with Crippen LogP contribution in [0, 0.1) is 0 Å². The smallest absolute Gasteiger partial charge is 0.264 e. The molecule has 202 valence electrons. The molecule has 2 amide bonds. The highest BCUT2D eigenvalue weighted by molar-refractivity contribution is 7.92. The Labute approximate surface area is 233 Å². The molecule has 0 aromatic heterocycles. The SMILES string of the molecule is CCNC(=O)[C@@H](C)N(Cc1cccc(OC)c1)C(=O)CN(c1cc(Cl)ccc1Cl)S(=O)(=O)c1ccccc1. The molecule has 3 aromatic rings. The summed E-state index contributed by atoms with van der Waals surface area (Å²) in [5.74, 6) is -0.399. The van der Waals surface area contributed by atoms with E-state index in [4.69, 9.17) is 27.9 Å². The molecule has 0 aliphatic carbocycles. The van der Waals surface area contributed by atoms with Crippen LogP contribution < -0.4 is 14.4 Å². The van der Waals surface area contributed by atoms with Gasteiger partial charge in [-0.15, -0.1) is 0 Å². The number of likely N-dealkylation sites (N-methyl/N-ethyl adjacent to an activating group) is 1. The minimum Gasteiger partial charge on any atom is -0.497 e. The van der Waals surface area contributed by atoms with Gasteiger partial charge in [0.1, 0.15) is 18.3 Å². The monoisotopic (exact) mass is 577 g/mol. The number of nitrogens with one attached hydrogen (secondary N) is 1. The molecule has 1 N–H and O–H groups in total. The standard InChI is InChI=1S/C27H29Cl2N3O5S/c1-4-30-27(34)19(2)31(17-20-9-8-10-22(15-20)37-3)26(33)18-32(25-16-21(28)13-14-24(25)29)38(35,36)23-11-6-5-7-12-23/h5-16,19H,4,17-18H2,1-3H3,(H,30,34)/t19-/m1/s1. The number of benzene rings is 3. The van der Waals surface area contributed by atoms with Crippen LogP contribution in [-0.4, -0.2) is 51.4 Å². The van der Waals surface area contributed by atoms with Crippen molar-refractivity contribution in [2.75, 3.05) is 24.5 Å². The van der Waals surface area contributed by atoms with Gasteiger partial charge in [-0.25, -0.2) is 8.42 Å². The van der Waals surface area contributed by atoms with Crippen molar-refractivity contribution in [3.05, 3.63) is 88.4 Å². The van der Waals surface area contributed by atoms with Gasteiger partial charge in [0.05, 0.1) is 22.7 Å². The van der Waals surface area contributed by atoms with Crippen LogP contribution in [0.2, 0.25) is 10.0 Å². The number of methoxy groups -OCH3 is 1. The zero-order valence-corrected chi connectivity index (χ0v) is 23.6. The third kappa shape index (κ3) is 6.98. The summed E-state index contributed by atoms with van der Waals surface area (Å²) in [4.78, 5) is 27.9. The second kappa shape index (κ2) is 13.0. The molecule has 0 aliphatic rings. The molecule has 0 unspecified atom stereocenters. The average molecular weight is 579 g/mol. The minimum atomic E-state index is -4.24. The second-order valence-electron chi connectivity index (χ2n) is 8.36. The molecule has 8 nitrogen and oxygen atoms in total. The molecular formula is C27H29Cl2N3O5S. The van der Waals surface area contributed by atoms with Gasteiger partial charge in [0, 0.05) is 18.1 Å². The van der Waals surface area contributed by atoms with Gasteiger partial charge in [0.25, 0.3) is 10.0 Å². The summed E-state index contributed by atoms with van der Waals surface area (Å²) in [5.41, 5.74) is 0.746. The first-order chi connectivity index (χ1) is 18.1. The van der Waals surface area contributed by atoms with E-state index < -0.39 is 28.5 Å². The van der Waals surface area contributed by atoms with Crippen LogP contribution in [0.4, 0.5) is 5.69 Å². The molecule has 3 aromatic carbocycles. The largest absolute Gasteiger partial charge is 0.497 e. The van der Waals surface area contributed by atoms with Crippen LogP contribution in [0.25, 0.3) is 0 Å². The molecule has 0 saturated carbocycles. The highest BCUT2D eigenvalue weighted by Gasteiger charge is 2.33. The lowest BCUT2D eigenvalue weighted by molar-refractivity contribution is -0.139. The van der Waals surface area contributed by atoms with Gasteiger partial charge >= 0.3 is 0 Å². The summed E-state index contributed by atoms with van der Waals surface area (Å²) >= 11 is 12.6. The summed E-state index contributed by atoms with van der Waals surface area (Å²) in [6.45, 7) is 3.15. The van der Waals surface area contributed by atoms with Crippen molar-refractivity contribution in [3.8, 4) is 5.75 Å². The predicted octanol–water partition coefficient (Wildman–Crippen LogP) is 4.75. The number of hydrogen-bond acceptors (Lipinski definition) is 5. The first-order valence-electron chi connectivity index (χ1n) is 11.8. The number of rotatable bonds is 11. The number of carbonyl (C=O) groups is 2. The van der Waals surface area contributed by atoms with Crippen molar-refractivity contribution in [2.24, 2.45) is 0 Å². The Morgan fingerprint density at radius 3 is 2.37 bits per heavy atom. The lowest BCUT2D eigenvalue weighted by Gasteiger charge is -2.32. The number of hydrogen-bond donors (Lipinski definition) is 1. The highest BCUT2D eigenvalue weighted by Crippen LogP contribution is 2.33. The zero-order valence-electron chi connectivity index (χ0n) is 21.2.